The van der Waals surface area contributed by atoms with Gasteiger partial charge in [-0.25, -0.2) is 15.0 Å². The predicted octanol–water partition coefficient (Wildman–Crippen LogP) is 14.3. The molecule has 8 aromatic rings. The molecule has 10 rings (SSSR count). The number of rotatable bonds is 13. The van der Waals surface area contributed by atoms with E-state index in [2.05, 4.69) is 157 Å². The quantitative estimate of drug-likeness (QED) is 0.0857. The van der Waals surface area contributed by atoms with Crippen LogP contribution in [0.2, 0.25) is 0 Å². The molecule has 6 aromatic carbocycles. The van der Waals surface area contributed by atoms with E-state index in [4.69, 9.17) is 15.0 Å². The van der Waals surface area contributed by atoms with Gasteiger partial charge < -0.3 is 9.80 Å². The lowest BCUT2D eigenvalue weighted by Crippen LogP contribution is -2.60. The van der Waals surface area contributed by atoms with Crippen molar-refractivity contribution in [2.24, 2.45) is 0 Å². The van der Waals surface area contributed by atoms with Crippen LogP contribution in [-0.2, 0) is 12.0 Å². The van der Waals surface area contributed by atoms with Gasteiger partial charge in [-0.1, -0.05) is 150 Å². The van der Waals surface area contributed by atoms with Gasteiger partial charge in [0.1, 0.15) is 0 Å². The molecule has 2 aromatic heterocycles. The largest absolute Gasteiger partial charge is 0.338 e. The van der Waals surface area contributed by atoms with E-state index in [9.17, 15) is 0 Å². The maximum absolute atomic E-state index is 5.16. The summed E-state index contributed by atoms with van der Waals surface area (Å²) in [5.41, 5.74) is 12.8. The SMILES string of the molecule is CCCCCCCCN1c2ccccc2N(c2ccc3c(c2)-c2c4ccccc4cc[n+]2C(CC)(CC)C3)c2ccc(-c3nc(-c4ccccc4)nc(-c4ccccc4)n3)cc21. The lowest BCUT2D eigenvalue weighted by Gasteiger charge is -2.41. The summed E-state index contributed by atoms with van der Waals surface area (Å²) in [6.45, 7) is 7.91. The summed E-state index contributed by atoms with van der Waals surface area (Å²) in [5.74, 6) is 1.99. The Labute approximate surface area is 366 Å². The first-order valence-electron chi connectivity index (χ1n) is 22.8. The van der Waals surface area contributed by atoms with Crippen LogP contribution in [0.15, 0.2) is 158 Å². The molecule has 0 N–H and O–H groups in total. The maximum Gasteiger partial charge on any atom is 0.221 e. The third kappa shape index (κ3) is 7.11. The number of hydrogen-bond donors (Lipinski definition) is 0. The first-order chi connectivity index (χ1) is 30.6. The summed E-state index contributed by atoms with van der Waals surface area (Å²) >= 11 is 0. The number of unbranched alkanes of at least 4 members (excludes halogenated alkanes) is 5. The first kappa shape index (κ1) is 39.5. The molecule has 4 heterocycles. The van der Waals surface area contributed by atoms with Crippen LogP contribution in [0.1, 0.15) is 77.7 Å². The zero-order valence-electron chi connectivity index (χ0n) is 36.3. The van der Waals surface area contributed by atoms with Gasteiger partial charge in [-0.05, 0) is 65.9 Å². The number of anilines is 5. The van der Waals surface area contributed by atoms with E-state index < -0.39 is 0 Å². The molecule has 6 heteroatoms. The van der Waals surface area contributed by atoms with Gasteiger partial charge >= 0.3 is 0 Å². The van der Waals surface area contributed by atoms with Crippen molar-refractivity contribution in [3.8, 4) is 45.4 Å². The number of pyridine rings is 1. The molecule has 0 aliphatic carbocycles. The Balaban J connectivity index is 1.14. The number of aromatic nitrogens is 4. The van der Waals surface area contributed by atoms with Crippen LogP contribution in [0.4, 0.5) is 28.4 Å². The highest BCUT2D eigenvalue weighted by molar-refractivity contribution is 6.00. The molecule has 2 aliphatic rings. The molecule has 0 bridgehead atoms. The second-order valence-corrected chi connectivity index (χ2v) is 17.1. The van der Waals surface area contributed by atoms with Gasteiger partial charge in [0.2, 0.25) is 5.69 Å². The van der Waals surface area contributed by atoms with Gasteiger partial charge in [0.15, 0.2) is 29.2 Å². The Morgan fingerprint density at radius 2 is 1.15 bits per heavy atom. The standard InChI is InChI=1S/C56H55N6/c1-4-7-8-9-10-21-35-60-48-28-19-20-29-49(48)62(45-32-30-44-39-56(5-2,6-3)61-36-34-40-22-17-18-27-46(40)52(61)47(44)38-45)50-33-31-43(37-51(50)60)55-58-53(41-23-13-11-14-24-41)57-54(59-55)42-25-15-12-16-26-42/h11-20,22-34,36-38H,4-10,21,35,39H2,1-3H3/q+1. The molecule has 0 radical (unpaired) electrons. The van der Waals surface area contributed by atoms with E-state index in [-0.39, 0.29) is 5.54 Å². The van der Waals surface area contributed by atoms with Crippen molar-refractivity contribution in [3.05, 3.63) is 163 Å². The van der Waals surface area contributed by atoms with Crippen molar-refractivity contribution in [1.29, 1.82) is 0 Å². The topological polar surface area (TPSA) is 49.0 Å². The summed E-state index contributed by atoms with van der Waals surface area (Å²) in [6.07, 6.45) is 12.9. The van der Waals surface area contributed by atoms with E-state index in [1.807, 2.05) is 36.4 Å². The summed E-state index contributed by atoms with van der Waals surface area (Å²) < 4.78 is 2.61. The Kier molecular flexibility index (Phi) is 10.8. The highest BCUT2D eigenvalue weighted by atomic mass is 15.3. The van der Waals surface area contributed by atoms with Crippen molar-refractivity contribution >= 4 is 39.2 Å². The lowest BCUT2D eigenvalue weighted by molar-refractivity contribution is -0.757. The van der Waals surface area contributed by atoms with Crippen LogP contribution in [0.5, 0.6) is 0 Å². The van der Waals surface area contributed by atoms with Crippen LogP contribution >= 0.6 is 0 Å². The van der Waals surface area contributed by atoms with Gasteiger partial charge in [0.05, 0.1) is 33.7 Å². The second kappa shape index (κ2) is 17.0. The molecule has 0 amide bonds. The lowest BCUT2D eigenvalue weighted by atomic mass is 9.78. The molecule has 6 nitrogen and oxygen atoms in total. The molecular formula is C56H55N6+. The van der Waals surface area contributed by atoms with E-state index in [0.29, 0.717) is 17.5 Å². The average Bonchev–Trinajstić information content (AvgIpc) is 3.34. The second-order valence-electron chi connectivity index (χ2n) is 17.1. The fourth-order valence-electron chi connectivity index (χ4n) is 9.96. The van der Waals surface area contributed by atoms with Gasteiger partial charge in [-0.3, -0.25) is 0 Å². The third-order valence-corrected chi connectivity index (χ3v) is 13.4. The van der Waals surface area contributed by atoms with Gasteiger partial charge in [-0.2, -0.15) is 4.57 Å². The minimum Gasteiger partial charge on any atom is -0.338 e. The number of nitrogens with zero attached hydrogens (tertiary/aromatic N) is 6. The fraction of sp³-hybridized carbons (Fsp3) is 0.250. The van der Waals surface area contributed by atoms with Gasteiger partial charge in [-0.15, -0.1) is 0 Å². The van der Waals surface area contributed by atoms with Crippen molar-refractivity contribution in [1.82, 2.24) is 15.0 Å². The molecule has 0 spiro atoms. The predicted molar refractivity (Wildman–Crippen MR) is 257 cm³/mol. The fourth-order valence-corrected chi connectivity index (χ4v) is 9.96. The van der Waals surface area contributed by atoms with E-state index in [1.54, 1.807) is 0 Å². The maximum atomic E-state index is 5.16. The Morgan fingerprint density at radius 3 is 1.85 bits per heavy atom. The smallest absolute Gasteiger partial charge is 0.221 e. The minimum atomic E-state index is 0.0292. The molecule has 308 valence electrons. The zero-order chi connectivity index (χ0) is 42.0. The monoisotopic (exact) mass is 811 g/mol. The summed E-state index contributed by atoms with van der Waals surface area (Å²) in [4.78, 5) is 20.4. The molecule has 0 unspecified atom stereocenters. The number of benzene rings is 6. The average molecular weight is 812 g/mol. The molecule has 2 aliphatic heterocycles. The van der Waals surface area contributed by atoms with E-state index in [1.165, 1.54) is 71.1 Å². The molecule has 0 fully saturated rings. The first-order valence-corrected chi connectivity index (χ1v) is 22.8. The number of para-hydroxylation sites is 2. The van der Waals surface area contributed by atoms with E-state index in [0.717, 1.165) is 66.0 Å². The van der Waals surface area contributed by atoms with Crippen LogP contribution in [0.25, 0.3) is 56.2 Å². The van der Waals surface area contributed by atoms with Crippen molar-refractivity contribution in [2.75, 3.05) is 16.3 Å². The summed E-state index contributed by atoms with van der Waals surface area (Å²) in [7, 11) is 0. The summed E-state index contributed by atoms with van der Waals surface area (Å²) in [6, 6.07) is 54.7. The van der Waals surface area contributed by atoms with Gasteiger partial charge in [0.25, 0.3) is 0 Å². The Hall–Kier alpha value is -6.66. The molecule has 0 atom stereocenters. The molecule has 0 saturated carbocycles. The highest BCUT2D eigenvalue weighted by Gasteiger charge is 2.44. The van der Waals surface area contributed by atoms with Crippen molar-refractivity contribution in [2.45, 2.75) is 84.1 Å². The number of fused-ring (bicyclic) bond motifs is 7. The third-order valence-electron chi connectivity index (χ3n) is 13.4. The molecular weight excluding hydrogens is 757 g/mol. The van der Waals surface area contributed by atoms with Gasteiger partial charge in [0, 0.05) is 54.3 Å². The summed E-state index contributed by atoms with van der Waals surface area (Å²) in [5, 5.41) is 2.57. The zero-order valence-corrected chi connectivity index (χ0v) is 36.3. The van der Waals surface area contributed by atoms with Crippen LogP contribution in [0, 0.1) is 0 Å². The minimum absolute atomic E-state index is 0.0292. The normalized spacial score (nSPS) is 13.7. The Morgan fingerprint density at radius 1 is 0.532 bits per heavy atom. The van der Waals surface area contributed by atoms with Crippen molar-refractivity contribution in [3.63, 3.8) is 0 Å². The van der Waals surface area contributed by atoms with Crippen LogP contribution in [-0.4, -0.2) is 21.5 Å². The number of hydrogen-bond acceptors (Lipinski definition) is 5. The Bertz CT molecular complexity index is 2810. The molecule has 0 saturated heterocycles. The highest BCUT2D eigenvalue weighted by Crippen LogP contribution is 2.53. The van der Waals surface area contributed by atoms with E-state index >= 15 is 0 Å². The molecule has 62 heavy (non-hydrogen) atoms. The van der Waals surface area contributed by atoms with Crippen LogP contribution in [0.3, 0.4) is 0 Å². The van der Waals surface area contributed by atoms with Crippen LogP contribution < -0.4 is 14.4 Å². The van der Waals surface area contributed by atoms with Crippen molar-refractivity contribution < 1.29 is 4.57 Å².